The summed E-state index contributed by atoms with van der Waals surface area (Å²) in [6.45, 7) is 13.2. The molecule has 0 atom stereocenters. The number of rotatable bonds is 5. The molecule has 1 heterocycles. The third-order valence-corrected chi connectivity index (χ3v) is 3.62. The highest BCUT2D eigenvalue weighted by Gasteiger charge is 2.28. The van der Waals surface area contributed by atoms with Gasteiger partial charge in [0.05, 0.1) is 0 Å². The quantitative estimate of drug-likeness (QED) is 0.700. The topological polar surface area (TPSA) is 15.3 Å². The first-order valence-corrected chi connectivity index (χ1v) is 6.12. The van der Waals surface area contributed by atoms with E-state index >= 15 is 0 Å². The third-order valence-electron chi connectivity index (χ3n) is 3.62. The summed E-state index contributed by atoms with van der Waals surface area (Å²) in [4.78, 5) is 2.42. The van der Waals surface area contributed by atoms with Gasteiger partial charge >= 0.3 is 0 Å². The monoisotopic (exact) mass is 210 g/mol. The highest BCUT2D eigenvalue weighted by atomic mass is 15.1. The Morgan fingerprint density at radius 1 is 1.40 bits per heavy atom. The molecule has 0 amide bonds. The van der Waals surface area contributed by atoms with E-state index in [1.54, 1.807) is 0 Å². The van der Waals surface area contributed by atoms with Crippen LogP contribution in [0, 0.1) is 5.41 Å². The fourth-order valence-corrected chi connectivity index (χ4v) is 2.00. The number of hydrogen-bond donors (Lipinski definition) is 1. The first-order valence-electron chi connectivity index (χ1n) is 6.12. The molecule has 2 heteroatoms. The van der Waals surface area contributed by atoms with Crippen LogP contribution in [-0.2, 0) is 0 Å². The average molecular weight is 210 g/mol. The Morgan fingerprint density at radius 2 is 2.00 bits per heavy atom. The van der Waals surface area contributed by atoms with Crippen LogP contribution in [-0.4, -0.2) is 38.1 Å². The van der Waals surface area contributed by atoms with E-state index in [0.717, 1.165) is 19.5 Å². The third kappa shape index (κ3) is 4.35. The summed E-state index contributed by atoms with van der Waals surface area (Å²) in [7, 11) is 2.21. The van der Waals surface area contributed by atoms with Crippen molar-refractivity contribution in [2.24, 2.45) is 5.41 Å². The lowest BCUT2D eigenvalue weighted by Crippen LogP contribution is -2.42. The van der Waals surface area contributed by atoms with Gasteiger partial charge in [0.1, 0.15) is 0 Å². The van der Waals surface area contributed by atoms with Crippen molar-refractivity contribution < 1.29 is 0 Å². The van der Waals surface area contributed by atoms with Gasteiger partial charge in [-0.3, -0.25) is 0 Å². The number of piperidine rings is 1. The molecule has 0 aliphatic carbocycles. The van der Waals surface area contributed by atoms with Crippen molar-refractivity contribution in [3.8, 4) is 0 Å². The molecule has 1 aliphatic heterocycles. The summed E-state index contributed by atoms with van der Waals surface area (Å²) in [5.41, 5.74) is 1.81. The molecule has 1 aliphatic rings. The van der Waals surface area contributed by atoms with Gasteiger partial charge in [-0.15, -0.1) is 0 Å². The minimum absolute atomic E-state index is 0.501. The number of nitrogens with one attached hydrogen (secondary N) is 1. The molecule has 0 aromatic rings. The normalized spacial score (nSPS) is 21.5. The Bertz CT molecular complexity index is 203. The van der Waals surface area contributed by atoms with Crippen LogP contribution in [0.1, 0.15) is 33.1 Å². The average Bonchev–Trinajstić information content (AvgIpc) is 2.23. The maximum absolute atomic E-state index is 4.02. The molecule has 1 rings (SSSR count). The van der Waals surface area contributed by atoms with Gasteiger partial charge in [-0.25, -0.2) is 0 Å². The molecular formula is C13H26N2. The van der Waals surface area contributed by atoms with Crippen LogP contribution in [0.3, 0.4) is 0 Å². The molecule has 15 heavy (non-hydrogen) atoms. The molecule has 0 radical (unpaired) electrons. The molecule has 0 spiro atoms. The second kappa shape index (κ2) is 5.66. The van der Waals surface area contributed by atoms with Gasteiger partial charge in [-0.05, 0) is 44.8 Å². The van der Waals surface area contributed by atoms with Gasteiger partial charge < -0.3 is 10.2 Å². The molecule has 0 aromatic heterocycles. The van der Waals surface area contributed by atoms with Gasteiger partial charge in [0.25, 0.3) is 0 Å². The Labute approximate surface area is 94.7 Å². The molecule has 0 bridgehead atoms. The lowest BCUT2D eigenvalue weighted by atomic mass is 9.80. The molecule has 1 N–H and O–H groups in total. The van der Waals surface area contributed by atoms with Crippen LogP contribution in [0.5, 0.6) is 0 Å². The molecule has 88 valence electrons. The lowest BCUT2D eigenvalue weighted by molar-refractivity contribution is 0.138. The van der Waals surface area contributed by atoms with E-state index in [0.29, 0.717) is 5.41 Å². The summed E-state index contributed by atoms with van der Waals surface area (Å²) < 4.78 is 0. The maximum Gasteiger partial charge on any atom is 0.0162 e. The van der Waals surface area contributed by atoms with Gasteiger partial charge in [0.15, 0.2) is 0 Å². The van der Waals surface area contributed by atoms with Crippen molar-refractivity contribution in [1.82, 2.24) is 10.2 Å². The fourth-order valence-electron chi connectivity index (χ4n) is 2.00. The van der Waals surface area contributed by atoms with E-state index in [9.17, 15) is 0 Å². The van der Waals surface area contributed by atoms with E-state index in [2.05, 4.69) is 37.7 Å². The van der Waals surface area contributed by atoms with Crippen LogP contribution in [0.15, 0.2) is 12.2 Å². The van der Waals surface area contributed by atoms with Gasteiger partial charge in [-0.2, -0.15) is 0 Å². The molecule has 2 nitrogen and oxygen atoms in total. The number of likely N-dealkylation sites (tertiary alicyclic amines) is 1. The zero-order valence-corrected chi connectivity index (χ0v) is 10.6. The predicted octanol–water partition coefficient (Wildman–Crippen LogP) is 2.27. The highest BCUT2D eigenvalue weighted by molar-refractivity contribution is 4.96. The predicted molar refractivity (Wildman–Crippen MR) is 67.1 cm³/mol. The molecular weight excluding hydrogens is 184 g/mol. The van der Waals surface area contributed by atoms with Crippen LogP contribution in [0.25, 0.3) is 0 Å². The SMILES string of the molecule is C=C(CC)CNCC1(C)CCN(C)CC1. The zero-order valence-electron chi connectivity index (χ0n) is 10.6. The highest BCUT2D eigenvalue weighted by Crippen LogP contribution is 2.29. The summed E-state index contributed by atoms with van der Waals surface area (Å²) in [5, 5.41) is 3.54. The Kier molecular flexibility index (Phi) is 4.81. The molecule has 0 aromatic carbocycles. The maximum atomic E-state index is 4.02. The van der Waals surface area contributed by atoms with E-state index in [1.165, 1.54) is 31.5 Å². The Morgan fingerprint density at radius 3 is 2.53 bits per heavy atom. The van der Waals surface area contributed by atoms with Crippen molar-refractivity contribution in [2.75, 3.05) is 33.2 Å². The molecule has 0 saturated carbocycles. The zero-order chi connectivity index (χ0) is 11.3. The van der Waals surface area contributed by atoms with Crippen molar-refractivity contribution >= 4 is 0 Å². The van der Waals surface area contributed by atoms with Crippen LogP contribution >= 0.6 is 0 Å². The molecule has 1 saturated heterocycles. The van der Waals surface area contributed by atoms with E-state index < -0.39 is 0 Å². The first-order chi connectivity index (χ1) is 7.06. The van der Waals surface area contributed by atoms with Crippen LogP contribution < -0.4 is 5.32 Å². The van der Waals surface area contributed by atoms with Crippen molar-refractivity contribution in [2.45, 2.75) is 33.1 Å². The number of nitrogens with zero attached hydrogens (tertiary/aromatic N) is 1. The smallest absolute Gasteiger partial charge is 0.0162 e. The van der Waals surface area contributed by atoms with Crippen LogP contribution in [0.2, 0.25) is 0 Å². The fraction of sp³-hybridized carbons (Fsp3) is 0.846. The lowest BCUT2D eigenvalue weighted by Gasteiger charge is -2.38. The van der Waals surface area contributed by atoms with E-state index in [-0.39, 0.29) is 0 Å². The molecule has 1 fully saturated rings. The molecule has 0 unspecified atom stereocenters. The summed E-state index contributed by atoms with van der Waals surface area (Å²) in [5.74, 6) is 0. The van der Waals surface area contributed by atoms with Crippen molar-refractivity contribution in [3.05, 3.63) is 12.2 Å². The summed E-state index contributed by atoms with van der Waals surface area (Å²) in [6.07, 6.45) is 3.72. The van der Waals surface area contributed by atoms with Crippen molar-refractivity contribution in [1.29, 1.82) is 0 Å². The second-order valence-corrected chi connectivity index (χ2v) is 5.32. The summed E-state index contributed by atoms with van der Waals surface area (Å²) in [6, 6.07) is 0. The standard InChI is InChI=1S/C13H26N2/c1-5-12(2)10-14-11-13(3)6-8-15(4)9-7-13/h14H,2,5-11H2,1,3-4H3. The van der Waals surface area contributed by atoms with Crippen molar-refractivity contribution in [3.63, 3.8) is 0 Å². The first kappa shape index (κ1) is 12.7. The summed E-state index contributed by atoms with van der Waals surface area (Å²) >= 11 is 0. The minimum Gasteiger partial charge on any atom is -0.312 e. The van der Waals surface area contributed by atoms with E-state index in [1.807, 2.05) is 0 Å². The van der Waals surface area contributed by atoms with Gasteiger partial charge in [-0.1, -0.05) is 26.0 Å². The van der Waals surface area contributed by atoms with E-state index in [4.69, 9.17) is 0 Å². The van der Waals surface area contributed by atoms with Gasteiger partial charge in [0, 0.05) is 13.1 Å². The van der Waals surface area contributed by atoms with Gasteiger partial charge in [0.2, 0.25) is 0 Å². The Hall–Kier alpha value is -0.340. The van der Waals surface area contributed by atoms with Crippen LogP contribution in [0.4, 0.5) is 0 Å². The largest absolute Gasteiger partial charge is 0.312 e. The Balaban J connectivity index is 2.22. The number of hydrogen-bond acceptors (Lipinski definition) is 2. The minimum atomic E-state index is 0.501. The second-order valence-electron chi connectivity index (χ2n) is 5.32.